The van der Waals surface area contributed by atoms with Crippen LogP contribution in [0, 0.1) is 11.3 Å². The highest BCUT2D eigenvalue weighted by molar-refractivity contribution is 9.10. The zero-order chi connectivity index (χ0) is 13.9. The highest BCUT2D eigenvalue weighted by atomic mass is 79.9. The number of halogens is 2. The van der Waals surface area contributed by atoms with Crippen LogP contribution in [-0.2, 0) is 0 Å². The Labute approximate surface area is 128 Å². The molecule has 0 aliphatic rings. The van der Waals surface area contributed by atoms with Crippen LogP contribution in [0.2, 0.25) is 0 Å². The Hall–Kier alpha value is -0.800. The van der Waals surface area contributed by atoms with Crippen LogP contribution in [0.15, 0.2) is 16.6 Å². The maximum atomic E-state index is 9.50. The van der Waals surface area contributed by atoms with Crippen molar-refractivity contribution in [3.63, 3.8) is 0 Å². The van der Waals surface area contributed by atoms with Gasteiger partial charge in [0.05, 0.1) is 22.7 Å². The van der Waals surface area contributed by atoms with Gasteiger partial charge in [-0.05, 0) is 48.3 Å². The number of nitrogen functional groups attached to an aromatic ring is 1. The Morgan fingerprint density at radius 3 is 2.47 bits per heavy atom. The fraction of sp³-hybridized carbons (Fsp3) is 0.462. The summed E-state index contributed by atoms with van der Waals surface area (Å²) < 4.78 is 0.580. The summed E-state index contributed by atoms with van der Waals surface area (Å²) in [6.45, 7) is 5.94. The fourth-order valence-electron chi connectivity index (χ4n) is 1.76. The van der Waals surface area contributed by atoms with Gasteiger partial charge >= 0.3 is 0 Å². The van der Waals surface area contributed by atoms with Gasteiger partial charge in [-0.2, -0.15) is 5.26 Å². The zero-order valence-electron chi connectivity index (χ0n) is 11.2. The average Bonchev–Trinajstić information content (AvgIpc) is 2.28. The summed E-state index contributed by atoms with van der Waals surface area (Å²) in [7, 11) is 0. The molecule has 1 aromatic carbocycles. The van der Waals surface area contributed by atoms with Crippen molar-refractivity contribution in [1.82, 2.24) is 5.32 Å². The standard InChI is InChI=1S/C13H18BrN3O.ClH/c1-13(2,3)17-11(7-18)8-4-5-10(16)12(14)9(8)6-15;/h4-5,11,17-18H,7,16H2,1-3H3;1H/t11-;/m1./s1. The Balaban J connectivity index is 0.00000324. The second-order valence-corrected chi connectivity index (χ2v) is 5.97. The van der Waals surface area contributed by atoms with Gasteiger partial charge in [0, 0.05) is 11.2 Å². The van der Waals surface area contributed by atoms with Crippen molar-refractivity contribution in [2.45, 2.75) is 32.4 Å². The summed E-state index contributed by atoms with van der Waals surface area (Å²) in [5, 5.41) is 22.0. The van der Waals surface area contributed by atoms with E-state index in [9.17, 15) is 10.4 Å². The van der Waals surface area contributed by atoms with E-state index >= 15 is 0 Å². The van der Waals surface area contributed by atoms with Crippen LogP contribution in [0.4, 0.5) is 5.69 Å². The molecule has 0 heterocycles. The number of nitrogens with two attached hydrogens (primary N) is 1. The molecule has 6 heteroatoms. The molecule has 4 nitrogen and oxygen atoms in total. The van der Waals surface area contributed by atoms with E-state index in [1.165, 1.54) is 0 Å². The number of aliphatic hydroxyl groups is 1. The SMILES string of the molecule is CC(C)(C)N[C@H](CO)c1ccc(N)c(Br)c1C#N.Cl. The molecule has 106 valence electrons. The minimum atomic E-state index is -0.295. The lowest BCUT2D eigenvalue weighted by Crippen LogP contribution is -2.40. The van der Waals surface area contributed by atoms with E-state index in [1.54, 1.807) is 12.1 Å². The van der Waals surface area contributed by atoms with Gasteiger partial charge in [0.15, 0.2) is 0 Å². The van der Waals surface area contributed by atoms with Crippen molar-refractivity contribution < 1.29 is 5.11 Å². The first-order chi connectivity index (χ1) is 8.30. The highest BCUT2D eigenvalue weighted by Gasteiger charge is 2.22. The highest BCUT2D eigenvalue weighted by Crippen LogP contribution is 2.30. The van der Waals surface area contributed by atoms with E-state index in [0.717, 1.165) is 5.56 Å². The van der Waals surface area contributed by atoms with Gasteiger partial charge < -0.3 is 16.2 Å². The number of benzene rings is 1. The second kappa shape index (κ2) is 7.11. The fourth-order valence-corrected chi connectivity index (χ4v) is 2.21. The van der Waals surface area contributed by atoms with Crippen LogP contribution in [0.3, 0.4) is 0 Å². The van der Waals surface area contributed by atoms with Gasteiger partial charge in [-0.1, -0.05) is 6.07 Å². The molecule has 4 N–H and O–H groups in total. The Kier molecular flexibility index (Phi) is 6.81. The molecule has 0 saturated carbocycles. The zero-order valence-corrected chi connectivity index (χ0v) is 13.6. The van der Waals surface area contributed by atoms with Crippen LogP contribution >= 0.6 is 28.3 Å². The summed E-state index contributed by atoms with van der Waals surface area (Å²) in [6.07, 6.45) is 0. The molecule has 0 aliphatic heterocycles. The number of nitrogens with one attached hydrogen (secondary N) is 1. The third kappa shape index (κ3) is 4.66. The monoisotopic (exact) mass is 347 g/mol. The molecule has 0 spiro atoms. The van der Waals surface area contributed by atoms with E-state index in [4.69, 9.17) is 5.73 Å². The lowest BCUT2D eigenvalue weighted by Gasteiger charge is -2.28. The summed E-state index contributed by atoms with van der Waals surface area (Å²) in [4.78, 5) is 0. The quantitative estimate of drug-likeness (QED) is 0.734. The Morgan fingerprint density at radius 1 is 1.47 bits per heavy atom. The molecule has 1 atom stereocenters. The first-order valence-electron chi connectivity index (χ1n) is 5.66. The topological polar surface area (TPSA) is 82.1 Å². The lowest BCUT2D eigenvalue weighted by atomic mass is 9.97. The minimum absolute atomic E-state index is 0. The van der Waals surface area contributed by atoms with Gasteiger partial charge in [0.2, 0.25) is 0 Å². The van der Waals surface area contributed by atoms with Gasteiger partial charge in [0.1, 0.15) is 6.07 Å². The second-order valence-electron chi connectivity index (χ2n) is 5.17. The first kappa shape index (κ1) is 18.2. The number of hydrogen-bond donors (Lipinski definition) is 3. The molecule has 0 unspecified atom stereocenters. The molecule has 0 bridgehead atoms. The summed E-state index contributed by atoms with van der Waals surface area (Å²) in [5.74, 6) is 0. The van der Waals surface area contributed by atoms with E-state index < -0.39 is 0 Å². The number of rotatable bonds is 3. The number of nitriles is 1. The van der Waals surface area contributed by atoms with E-state index in [-0.39, 0.29) is 30.6 Å². The van der Waals surface area contributed by atoms with Gasteiger partial charge in [0.25, 0.3) is 0 Å². The molecule has 1 rings (SSSR count). The van der Waals surface area contributed by atoms with Crippen LogP contribution in [-0.4, -0.2) is 17.3 Å². The van der Waals surface area contributed by atoms with Gasteiger partial charge in [-0.15, -0.1) is 12.4 Å². The maximum absolute atomic E-state index is 9.50. The van der Waals surface area contributed by atoms with Crippen molar-refractivity contribution in [2.75, 3.05) is 12.3 Å². The van der Waals surface area contributed by atoms with E-state index in [1.807, 2.05) is 20.8 Å². The predicted octanol–water partition coefficient (Wildman–Crippen LogP) is 2.75. The van der Waals surface area contributed by atoms with Crippen molar-refractivity contribution in [2.24, 2.45) is 0 Å². The van der Waals surface area contributed by atoms with Crippen molar-refractivity contribution in [1.29, 1.82) is 5.26 Å². The largest absolute Gasteiger partial charge is 0.398 e. The molecule has 0 aliphatic carbocycles. The van der Waals surface area contributed by atoms with Crippen LogP contribution in [0.1, 0.15) is 37.9 Å². The summed E-state index contributed by atoms with van der Waals surface area (Å²) in [5.41, 5.74) is 7.32. The normalized spacial score (nSPS) is 12.4. The lowest BCUT2D eigenvalue weighted by molar-refractivity contribution is 0.217. The van der Waals surface area contributed by atoms with E-state index in [0.29, 0.717) is 15.7 Å². The predicted molar refractivity (Wildman–Crippen MR) is 83.2 cm³/mol. The van der Waals surface area contributed by atoms with Crippen LogP contribution in [0.5, 0.6) is 0 Å². The molecule has 0 aromatic heterocycles. The molecule has 0 saturated heterocycles. The maximum Gasteiger partial charge on any atom is 0.101 e. The van der Waals surface area contributed by atoms with Crippen molar-refractivity contribution >= 4 is 34.0 Å². The number of anilines is 1. The molecule has 1 aromatic rings. The van der Waals surface area contributed by atoms with Crippen molar-refractivity contribution in [3.05, 3.63) is 27.7 Å². The Bertz CT molecular complexity index is 480. The summed E-state index contributed by atoms with van der Waals surface area (Å²) >= 11 is 3.31. The van der Waals surface area contributed by atoms with Crippen molar-refractivity contribution in [3.8, 4) is 6.07 Å². The minimum Gasteiger partial charge on any atom is -0.398 e. The molecular formula is C13H19BrClN3O. The van der Waals surface area contributed by atoms with Gasteiger partial charge in [-0.25, -0.2) is 0 Å². The van der Waals surface area contributed by atoms with E-state index in [2.05, 4.69) is 27.3 Å². The van der Waals surface area contributed by atoms with Crippen LogP contribution in [0.25, 0.3) is 0 Å². The third-order valence-electron chi connectivity index (χ3n) is 2.48. The molecule has 0 radical (unpaired) electrons. The van der Waals surface area contributed by atoms with Gasteiger partial charge in [-0.3, -0.25) is 0 Å². The number of aliphatic hydroxyl groups excluding tert-OH is 1. The van der Waals surface area contributed by atoms with Crippen LogP contribution < -0.4 is 11.1 Å². The summed E-state index contributed by atoms with van der Waals surface area (Å²) in [6, 6.07) is 5.34. The number of hydrogen-bond acceptors (Lipinski definition) is 4. The smallest absolute Gasteiger partial charge is 0.101 e. The number of nitrogens with zero attached hydrogens (tertiary/aromatic N) is 1. The third-order valence-corrected chi connectivity index (χ3v) is 3.34. The average molecular weight is 349 g/mol. The Morgan fingerprint density at radius 2 is 2.05 bits per heavy atom. The molecule has 0 amide bonds. The molecule has 0 fully saturated rings. The molecular weight excluding hydrogens is 330 g/mol. The molecule has 19 heavy (non-hydrogen) atoms. The first-order valence-corrected chi connectivity index (χ1v) is 6.46.